The van der Waals surface area contributed by atoms with Gasteiger partial charge in [0.1, 0.15) is 5.60 Å². The second-order valence-corrected chi connectivity index (χ2v) is 11.1. The van der Waals surface area contributed by atoms with E-state index in [2.05, 4.69) is 5.32 Å². The van der Waals surface area contributed by atoms with E-state index in [4.69, 9.17) is 4.74 Å². The van der Waals surface area contributed by atoms with Crippen LogP contribution in [0.15, 0.2) is 54.6 Å². The lowest BCUT2D eigenvalue weighted by Crippen LogP contribution is -2.65. The molecule has 2 amide bonds. The van der Waals surface area contributed by atoms with Crippen molar-refractivity contribution in [2.75, 3.05) is 16.8 Å². The van der Waals surface area contributed by atoms with Gasteiger partial charge in [0.05, 0.1) is 17.9 Å². The normalized spacial score (nSPS) is 15.9. The van der Waals surface area contributed by atoms with Crippen LogP contribution in [0.4, 0.5) is 29.3 Å². The molecule has 218 valence electrons. The summed E-state index contributed by atoms with van der Waals surface area (Å²) in [7, 11) is 0. The first-order valence-electron chi connectivity index (χ1n) is 13.2. The van der Waals surface area contributed by atoms with Crippen molar-refractivity contribution in [2.24, 2.45) is 0 Å². The molecule has 0 aliphatic heterocycles. The van der Waals surface area contributed by atoms with E-state index in [0.29, 0.717) is 29.8 Å². The molecule has 1 aliphatic carbocycles. The number of alkyl halides is 3. The predicted octanol–water partition coefficient (Wildman–Crippen LogP) is 5.92. The third kappa shape index (κ3) is 8.37. The first-order valence-corrected chi connectivity index (χ1v) is 13.2. The maximum atomic E-state index is 13.5. The van der Waals surface area contributed by atoms with Crippen LogP contribution in [-0.4, -0.2) is 53.0 Å². The number of hydrogen-bond donors (Lipinski definition) is 3. The summed E-state index contributed by atoms with van der Waals surface area (Å²) in [5, 5.41) is 15.0. The highest BCUT2D eigenvalue weighted by atomic mass is 19.4. The van der Waals surface area contributed by atoms with E-state index in [1.807, 2.05) is 5.32 Å². The van der Waals surface area contributed by atoms with Crippen molar-refractivity contribution in [1.29, 1.82) is 0 Å². The van der Waals surface area contributed by atoms with Gasteiger partial charge in [0.15, 0.2) is 5.54 Å². The largest absolute Gasteiger partial charge is 0.479 e. The molecule has 1 aliphatic rings. The minimum atomic E-state index is -5.29. The molecule has 0 spiro atoms. The molecule has 0 heterocycles. The van der Waals surface area contributed by atoms with Crippen molar-refractivity contribution >= 4 is 29.3 Å². The fourth-order valence-electron chi connectivity index (χ4n) is 4.91. The second-order valence-electron chi connectivity index (χ2n) is 11.1. The average Bonchev–Trinajstić information content (AvgIpc) is 2.87. The highest BCUT2D eigenvalue weighted by molar-refractivity contribution is 5.92. The van der Waals surface area contributed by atoms with Crippen molar-refractivity contribution in [1.82, 2.24) is 5.32 Å². The zero-order chi connectivity index (χ0) is 29.6. The van der Waals surface area contributed by atoms with Crippen molar-refractivity contribution in [3.8, 4) is 0 Å². The lowest BCUT2D eigenvalue weighted by atomic mass is 9.87. The SMILES string of the molecule is CC(C)(C)OC(=O)Nc1ccccc1N(C[C@@](Cc1ccccc1)(NC(=O)C(F)(F)F)C(=O)O)C1CCCCC1. The van der Waals surface area contributed by atoms with Crippen LogP contribution in [0, 0.1) is 0 Å². The number of carboxylic acid groups (broad SMARTS) is 1. The summed E-state index contributed by atoms with van der Waals surface area (Å²) >= 11 is 0. The van der Waals surface area contributed by atoms with Crippen molar-refractivity contribution < 1.29 is 37.4 Å². The minimum absolute atomic E-state index is 0.243. The molecule has 2 aromatic carbocycles. The topological polar surface area (TPSA) is 108 Å². The maximum absolute atomic E-state index is 13.5. The van der Waals surface area contributed by atoms with E-state index in [1.54, 1.807) is 80.3 Å². The Bertz CT molecular complexity index is 1180. The van der Waals surface area contributed by atoms with Gasteiger partial charge >= 0.3 is 24.1 Å². The Hall–Kier alpha value is -3.76. The lowest BCUT2D eigenvalue weighted by Gasteiger charge is -2.43. The second kappa shape index (κ2) is 12.6. The van der Waals surface area contributed by atoms with Gasteiger partial charge < -0.3 is 20.1 Å². The fraction of sp³-hybridized carbons (Fsp3) is 0.483. The molecule has 11 heteroatoms. The molecule has 0 aromatic heterocycles. The number of benzene rings is 2. The molecule has 0 saturated heterocycles. The van der Waals surface area contributed by atoms with E-state index in [-0.39, 0.29) is 6.04 Å². The molecule has 1 saturated carbocycles. The van der Waals surface area contributed by atoms with Crippen LogP contribution < -0.4 is 15.5 Å². The zero-order valence-corrected chi connectivity index (χ0v) is 22.9. The number of rotatable bonds is 9. The third-order valence-electron chi connectivity index (χ3n) is 6.67. The van der Waals surface area contributed by atoms with Crippen LogP contribution in [-0.2, 0) is 20.7 Å². The van der Waals surface area contributed by atoms with Gasteiger partial charge in [-0.2, -0.15) is 13.2 Å². The highest BCUT2D eigenvalue weighted by Crippen LogP contribution is 2.35. The van der Waals surface area contributed by atoms with Crippen LogP contribution in [0.25, 0.3) is 0 Å². The summed E-state index contributed by atoms with van der Waals surface area (Å²) in [6, 6.07) is 14.6. The Morgan fingerprint density at radius 3 is 2.12 bits per heavy atom. The number of nitrogens with one attached hydrogen (secondary N) is 2. The van der Waals surface area contributed by atoms with Gasteiger partial charge in [-0.05, 0) is 51.3 Å². The molecular weight excluding hydrogens is 527 g/mol. The number of anilines is 2. The highest BCUT2D eigenvalue weighted by Gasteiger charge is 2.49. The van der Waals surface area contributed by atoms with Crippen LogP contribution in [0.1, 0.15) is 58.4 Å². The molecule has 0 radical (unpaired) electrons. The number of ether oxygens (including phenoxy) is 1. The number of carbonyl (C=O) groups is 3. The minimum Gasteiger partial charge on any atom is -0.479 e. The number of nitrogens with zero attached hydrogens (tertiary/aromatic N) is 1. The predicted molar refractivity (Wildman–Crippen MR) is 145 cm³/mol. The molecule has 1 fully saturated rings. The first kappa shape index (κ1) is 30.8. The van der Waals surface area contributed by atoms with E-state index in [1.165, 1.54) is 0 Å². The average molecular weight is 564 g/mol. The van der Waals surface area contributed by atoms with Crippen molar-refractivity contribution in [3.63, 3.8) is 0 Å². The molecule has 8 nitrogen and oxygen atoms in total. The van der Waals surface area contributed by atoms with E-state index in [9.17, 15) is 32.7 Å². The number of carboxylic acids is 1. The van der Waals surface area contributed by atoms with Gasteiger partial charge in [-0.1, -0.05) is 61.7 Å². The van der Waals surface area contributed by atoms with Crippen molar-refractivity contribution in [2.45, 2.75) is 82.7 Å². The summed E-state index contributed by atoms with van der Waals surface area (Å²) in [4.78, 5) is 39.4. The number of carbonyl (C=O) groups excluding carboxylic acids is 2. The van der Waals surface area contributed by atoms with Gasteiger partial charge in [0, 0.05) is 12.5 Å². The number of halogens is 3. The molecule has 0 bridgehead atoms. The smallest absolute Gasteiger partial charge is 0.471 e. The van der Waals surface area contributed by atoms with E-state index in [0.717, 1.165) is 19.3 Å². The van der Waals surface area contributed by atoms with Gasteiger partial charge in [-0.25, -0.2) is 9.59 Å². The van der Waals surface area contributed by atoms with E-state index < -0.39 is 48.3 Å². The summed E-state index contributed by atoms with van der Waals surface area (Å²) in [5.41, 5.74) is -1.96. The first-order chi connectivity index (χ1) is 18.7. The molecule has 0 unspecified atom stereocenters. The summed E-state index contributed by atoms with van der Waals surface area (Å²) in [6.07, 6.45) is -2.43. The Kier molecular flexibility index (Phi) is 9.70. The van der Waals surface area contributed by atoms with Crippen LogP contribution in [0.3, 0.4) is 0 Å². The fourth-order valence-corrected chi connectivity index (χ4v) is 4.91. The Morgan fingerprint density at radius 1 is 0.950 bits per heavy atom. The summed E-state index contributed by atoms with van der Waals surface area (Å²) < 4.78 is 45.8. The standard InChI is InChI=1S/C29H36F3N3O5/c1-27(2,3)40-26(39)33-22-16-10-11-17-23(22)35(21-14-8-5-9-15-21)19-28(25(37)38,34-24(36)29(30,31)32)18-20-12-6-4-7-13-20/h4,6-7,10-13,16-17,21H,5,8-9,14-15,18-19H2,1-3H3,(H,33,39)(H,34,36)(H,37,38)/t28-/m1/s1. The molecule has 2 aromatic rings. The molecular formula is C29H36F3N3O5. The molecule has 3 rings (SSSR count). The maximum Gasteiger partial charge on any atom is 0.471 e. The lowest BCUT2D eigenvalue weighted by molar-refractivity contribution is -0.177. The van der Waals surface area contributed by atoms with Crippen LogP contribution >= 0.6 is 0 Å². The van der Waals surface area contributed by atoms with Gasteiger partial charge in [-0.15, -0.1) is 0 Å². The Morgan fingerprint density at radius 2 is 1.55 bits per heavy atom. The number of amides is 2. The quantitative estimate of drug-likeness (QED) is 0.350. The molecule has 1 atom stereocenters. The Balaban J connectivity index is 2.10. The molecule has 3 N–H and O–H groups in total. The number of aliphatic carboxylic acids is 1. The van der Waals surface area contributed by atoms with Crippen LogP contribution in [0.5, 0.6) is 0 Å². The Labute approximate surface area is 231 Å². The number of hydrogen-bond acceptors (Lipinski definition) is 5. The summed E-state index contributed by atoms with van der Waals surface area (Å²) in [6.45, 7) is 4.65. The molecule has 40 heavy (non-hydrogen) atoms. The zero-order valence-electron chi connectivity index (χ0n) is 22.9. The van der Waals surface area contributed by atoms with Gasteiger partial charge in [0.25, 0.3) is 0 Å². The summed E-state index contributed by atoms with van der Waals surface area (Å²) in [5.74, 6) is -3.94. The van der Waals surface area contributed by atoms with E-state index >= 15 is 0 Å². The van der Waals surface area contributed by atoms with Crippen molar-refractivity contribution in [3.05, 3.63) is 60.2 Å². The monoisotopic (exact) mass is 563 g/mol. The number of para-hydroxylation sites is 2. The van der Waals surface area contributed by atoms with Crippen LogP contribution in [0.2, 0.25) is 0 Å². The van der Waals surface area contributed by atoms with Gasteiger partial charge in [0.2, 0.25) is 0 Å². The van der Waals surface area contributed by atoms with Gasteiger partial charge in [-0.3, -0.25) is 10.1 Å². The third-order valence-corrected chi connectivity index (χ3v) is 6.67.